The third-order valence-electron chi connectivity index (χ3n) is 3.78. The van der Waals surface area contributed by atoms with Crippen molar-refractivity contribution in [3.63, 3.8) is 0 Å². The van der Waals surface area contributed by atoms with E-state index in [4.69, 9.17) is 5.73 Å². The van der Waals surface area contributed by atoms with Crippen molar-refractivity contribution in [2.75, 3.05) is 0 Å². The monoisotopic (exact) mass is 250 g/mol. The highest BCUT2D eigenvalue weighted by Crippen LogP contribution is 2.18. The lowest BCUT2D eigenvalue weighted by molar-refractivity contribution is 0.318. The molecule has 1 fully saturated rings. The van der Waals surface area contributed by atoms with Crippen LogP contribution < -0.4 is 11.1 Å². The van der Waals surface area contributed by atoms with Gasteiger partial charge in [-0.2, -0.15) is 0 Å². The molecule has 0 spiro atoms. The predicted molar refractivity (Wildman–Crippen MR) is 72.9 cm³/mol. The van der Waals surface area contributed by atoms with Crippen LogP contribution in [-0.4, -0.2) is 18.1 Å². The topological polar surface area (TPSA) is 38.0 Å². The van der Waals surface area contributed by atoms with Gasteiger partial charge in [0.15, 0.2) is 0 Å². The maximum atomic E-state index is 13.5. The van der Waals surface area contributed by atoms with Crippen LogP contribution in [-0.2, 0) is 6.42 Å². The second-order valence-corrected chi connectivity index (χ2v) is 5.47. The average Bonchev–Trinajstić information content (AvgIpc) is 2.35. The minimum atomic E-state index is -0.100. The second kappa shape index (κ2) is 6.30. The van der Waals surface area contributed by atoms with Gasteiger partial charge in [0.2, 0.25) is 0 Å². The predicted octanol–water partition coefficient (Wildman–Crippen LogP) is 2.62. The molecule has 1 aliphatic rings. The van der Waals surface area contributed by atoms with Crippen LogP contribution in [0.1, 0.15) is 38.2 Å². The molecule has 0 aliphatic heterocycles. The molecule has 0 amide bonds. The third-order valence-corrected chi connectivity index (χ3v) is 3.78. The van der Waals surface area contributed by atoms with Crippen molar-refractivity contribution in [2.24, 2.45) is 5.73 Å². The van der Waals surface area contributed by atoms with E-state index in [0.717, 1.165) is 37.7 Å². The Balaban J connectivity index is 1.82. The van der Waals surface area contributed by atoms with E-state index in [1.54, 1.807) is 6.07 Å². The van der Waals surface area contributed by atoms with Crippen LogP contribution in [0.4, 0.5) is 4.39 Å². The van der Waals surface area contributed by atoms with E-state index in [0.29, 0.717) is 18.1 Å². The van der Waals surface area contributed by atoms with Gasteiger partial charge in [-0.05, 0) is 50.7 Å². The molecular formula is C15H23FN2. The molecule has 18 heavy (non-hydrogen) atoms. The lowest BCUT2D eigenvalue weighted by Gasteiger charge is -2.29. The molecule has 0 radical (unpaired) electrons. The molecule has 3 heteroatoms. The van der Waals surface area contributed by atoms with E-state index >= 15 is 0 Å². The van der Waals surface area contributed by atoms with Crippen molar-refractivity contribution in [3.05, 3.63) is 35.6 Å². The Kier molecular flexibility index (Phi) is 4.72. The van der Waals surface area contributed by atoms with Crippen LogP contribution in [0, 0.1) is 5.82 Å². The first-order chi connectivity index (χ1) is 8.65. The third kappa shape index (κ3) is 3.79. The fourth-order valence-electron chi connectivity index (χ4n) is 2.74. The van der Waals surface area contributed by atoms with Crippen molar-refractivity contribution in [3.8, 4) is 0 Å². The largest absolute Gasteiger partial charge is 0.328 e. The highest BCUT2D eigenvalue weighted by molar-refractivity contribution is 5.18. The van der Waals surface area contributed by atoms with Crippen molar-refractivity contribution in [1.82, 2.24) is 5.32 Å². The van der Waals surface area contributed by atoms with Gasteiger partial charge in [-0.3, -0.25) is 0 Å². The molecule has 0 saturated heterocycles. The molecule has 2 rings (SSSR count). The second-order valence-electron chi connectivity index (χ2n) is 5.47. The van der Waals surface area contributed by atoms with Gasteiger partial charge in [-0.25, -0.2) is 4.39 Å². The molecule has 3 N–H and O–H groups in total. The molecule has 0 bridgehead atoms. The van der Waals surface area contributed by atoms with Gasteiger partial charge in [0.05, 0.1) is 0 Å². The van der Waals surface area contributed by atoms with E-state index in [1.807, 2.05) is 12.1 Å². The summed E-state index contributed by atoms with van der Waals surface area (Å²) in [5.74, 6) is -0.100. The van der Waals surface area contributed by atoms with E-state index in [9.17, 15) is 4.39 Å². The van der Waals surface area contributed by atoms with Gasteiger partial charge in [-0.1, -0.05) is 18.2 Å². The van der Waals surface area contributed by atoms with Gasteiger partial charge >= 0.3 is 0 Å². The number of hydrogen-bond acceptors (Lipinski definition) is 2. The molecule has 0 heterocycles. The zero-order valence-corrected chi connectivity index (χ0v) is 11.0. The molecule has 0 aromatic heterocycles. The Morgan fingerprint density at radius 3 is 2.61 bits per heavy atom. The van der Waals surface area contributed by atoms with Crippen molar-refractivity contribution >= 4 is 0 Å². The summed E-state index contributed by atoms with van der Waals surface area (Å²) >= 11 is 0. The molecular weight excluding hydrogens is 227 g/mol. The smallest absolute Gasteiger partial charge is 0.126 e. The van der Waals surface area contributed by atoms with Gasteiger partial charge < -0.3 is 11.1 Å². The Morgan fingerprint density at radius 1 is 1.28 bits per heavy atom. The van der Waals surface area contributed by atoms with Crippen LogP contribution in [0.25, 0.3) is 0 Å². The number of rotatable bonds is 4. The van der Waals surface area contributed by atoms with Gasteiger partial charge in [-0.15, -0.1) is 0 Å². The highest BCUT2D eigenvalue weighted by atomic mass is 19.1. The Labute approximate surface area is 109 Å². The number of nitrogens with two attached hydrogens (primary N) is 1. The molecule has 1 unspecified atom stereocenters. The first-order valence-electron chi connectivity index (χ1n) is 6.90. The van der Waals surface area contributed by atoms with Crippen molar-refractivity contribution < 1.29 is 4.39 Å². The fourth-order valence-corrected chi connectivity index (χ4v) is 2.74. The van der Waals surface area contributed by atoms with Gasteiger partial charge in [0.25, 0.3) is 0 Å². The zero-order valence-electron chi connectivity index (χ0n) is 11.0. The Hall–Kier alpha value is -0.930. The molecule has 1 atom stereocenters. The van der Waals surface area contributed by atoms with Crippen molar-refractivity contribution in [1.29, 1.82) is 0 Å². The zero-order chi connectivity index (χ0) is 13.0. The summed E-state index contributed by atoms with van der Waals surface area (Å²) in [5.41, 5.74) is 6.69. The molecule has 100 valence electrons. The molecule has 2 nitrogen and oxygen atoms in total. The summed E-state index contributed by atoms with van der Waals surface area (Å²) in [7, 11) is 0. The van der Waals surface area contributed by atoms with Crippen molar-refractivity contribution in [2.45, 2.75) is 57.2 Å². The summed E-state index contributed by atoms with van der Waals surface area (Å²) in [5, 5.41) is 3.59. The first kappa shape index (κ1) is 13.5. The molecule has 1 saturated carbocycles. The Morgan fingerprint density at radius 2 is 1.94 bits per heavy atom. The summed E-state index contributed by atoms with van der Waals surface area (Å²) in [6.07, 6.45) is 5.23. The number of halogens is 1. The fraction of sp³-hybridized carbons (Fsp3) is 0.600. The maximum Gasteiger partial charge on any atom is 0.126 e. The van der Waals surface area contributed by atoms with E-state index < -0.39 is 0 Å². The normalized spacial score (nSPS) is 25.9. The summed E-state index contributed by atoms with van der Waals surface area (Å²) in [4.78, 5) is 0. The summed E-state index contributed by atoms with van der Waals surface area (Å²) in [6, 6.07) is 8.26. The summed E-state index contributed by atoms with van der Waals surface area (Å²) < 4.78 is 13.5. The molecule has 1 aliphatic carbocycles. The van der Waals surface area contributed by atoms with E-state index in [-0.39, 0.29) is 5.82 Å². The van der Waals surface area contributed by atoms with Crippen LogP contribution >= 0.6 is 0 Å². The number of hydrogen-bond donors (Lipinski definition) is 2. The maximum absolute atomic E-state index is 13.5. The van der Waals surface area contributed by atoms with E-state index in [1.165, 1.54) is 6.07 Å². The Bertz CT molecular complexity index is 373. The lowest BCUT2D eigenvalue weighted by Crippen LogP contribution is -2.42. The van der Waals surface area contributed by atoms with Crippen LogP contribution in [0.5, 0.6) is 0 Å². The quantitative estimate of drug-likeness (QED) is 0.862. The molecule has 1 aromatic rings. The van der Waals surface area contributed by atoms with Crippen LogP contribution in [0.3, 0.4) is 0 Å². The van der Waals surface area contributed by atoms with Crippen LogP contribution in [0.2, 0.25) is 0 Å². The van der Waals surface area contributed by atoms with Gasteiger partial charge in [0.1, 0.15) is 5.82 Å². The van der Waals surface area contributed by atoms with E-state index in [2.05, 4.69) is 12.2 Å². The molecule has 1 aromatic carbocycles. The first-order valence-corrected chi connectivity index (χ1v) is 6.90. The number of benzene rings is 1. The van der Waals surface area contributed by atoms with Gasteiger partial charge in [0, 0.05) is 18.1 Å². The summed E-state index contributed by atoms with van der Waals surface area (Å²) in [6.45, 7) is 2.13. The minimum Gasteiger partial charge on any atom is -0.328 e. The SMILES string of the molecule is CC(Cc1ccccc1F)NC1CCC(N)CC1. The standard InChI is InChI=1S/C15H23FN2/c1-11(10-12-4-2-3-5-15(12)16)18-14-8-6-13(17)7-9-14/h2-5,11,13-14,18H,6-10,17H2,1H3. The number of nitrogens with one attached hydrogen (secondary N) is 1. The minimum absolute atomic E-state index is 0.100. The highest BCUT2D eigenvalue weighted by Gasteiger charge is 2.20. The average molecular weight is 250 g/mol. The van der Waals surface area contributed by atoms with Crippen LogP contribution in [0.15, 0.2) is 24.3 Å². The lowest BCUT2D eigenvalue weighted by atomic mass is 9.91.